The molecule has 1 aromatic rings. The Bertz CT molecular complexity index is 537. The van der Waals surface area contributed by atoms with E-state index in [2.05, 4.69) is 42.2 Å². The highest BCUT2D eigenvalue weighted by Gasteiger charge is 2.22. The lowest BCUT2D eigenvalue weighted by Crippen LogP contribution is -2.16. The van der Waals surface area contributed by atoms with Crippen LogP contribution >= 0.6 is 24.3 Å². The maximum atomic E-state index is 11.1. The molecule has 0 bridgehead atoms. The molecule has 1 unspecified atom stereocenters. The molecule has 0 saturated heterocycles. The van der Waals surface area contributed by atoms with Crippen molar-refractivity contribution in [3.63, 3.8) is 0 Å². The molecular formula is C15H19NO2S2. The van der Waals surface area contributed by atoms with Gasteiger partial charge in [-0.3, -0.25) is 4.79 Å². The normalized spacial score (nSPS) is 14.1. The first kappa shape index (κ1) is 16.8. The van der Waals surface area contributed by atoms with Crippen molar-refractivity contribution >= 4 is 35.6 Å². The molecule has 108 valence electrons. The van der Waals surface area contributed by atoms with E-state index < -0.39 is 11.4 Å². The molecule has 0 aliphatic rings. The highest BCUT2D eigenvalue weighted by atomic mass is 32.1. The minimum absolute atomic E-state index is 0.189. The van der Waals surface area contributed by atoms with E-state index in [1.165, 1.54) is 10.5 Å². The molecule has 0 heterocycles. The Morgan fingerprint density at radius 1 is 1.55 bits per heavy atom. The molecule has 0 N–H and O–H groups in total. The van der Waals surface area contributed by atoms with Gasteiger partial charge in [0, 0.05) is 24.2 Å². The van der Waals surface area contributed by atoms with Crippen LogP contribution in [0, 0.1) is 16.7 Å². The quantitative estimate of drug-likeness (QED) is 0.480. The van der Waals surface area contributed by atoms with Crippen LogP contribution in [0.2, 0.25) is 0 Å². The largest absolute Gasteiger partial charge is 0.395 e. The molecular weight excluding hydrogens is 290 g/mol. The van der Waals surface area contributed by atoms with Crippen LogP contribution in [0.5, 0.6) is 0 Å². The molecule has 20 heavy (non-hydrogen) atoms. The lowest BCUT2D eigenvalue weighted by atomic mass is 9.90. The average molecular weight is 309 g/mol. The third-order valence-electron chi connectivity index (χ3n) is 3.07. The molecule has 5 heteroatoms. The zero-order valence-electron chi connectivity index (χ0n) is 11.7. The fourth-order valence-electron chi connectivity index (χ4n) is 1.70. The third-order valence-corrected chi connectivity index (χ3v) is 4.68. The van der Waals surface area contributed by atoms with Gasteiger partial charge in [-0.15, -0.1) is 0 Å². The molecule has 3 nitrogen and oxygen atoms in total. The number of nitriles is 1. The first-order valence-corrected chi connectivity index (χ1v) is 7.76. The van der Waals surface area contributed by atoms with E-state index in [-0.39, 0.29) is 6.42 Å². The smallest absolute Gasteiger partial charge is 0.317 e. The van der Waals surface area contributed by atoms with Crippen LogP contribution in [0.1, 0.15) is 32.3 Å². The summed E-state index contributed by atoms with van der Waals surface area (Å²) in [5.74, 6) is -0.408. The van der Waals surface area contributed by atoms with Gasteiger partial charge in [-0.1, -0.05) is 25.1 Å². The Balaban J connectivity index is 2.84. The zero-order chi connectivity index (χ0) is 15.0. The maximum Gasteiger partial charge on any atom is 0.317 e. The van der Waals surface area contributed by atoms with E-state index in [0.29, 0.717) is 6.42 Å². The number of carbonyl (C=O) groups excluding carboxylic acids is 1. The van der Waals surface area contributed by atoms with Crippen molar-refractivity contribution in [1.29, 1.82) is 5.26 Å². The van der Waals surface area contributed by atoms with Gasteiger partial charge in [0.05, 0.1) is 11.5 Å². The number of thiol groups is 2. The topological polar surface area (TPSA) is 50.1 Å². The number of aryl methyl sites for hydroxylation is 1. The summed E-state index contributed by atoms with van der Waals surface area (Å²) >= 11 is 4.46. The summed E-state index contributed by atoms with van der Waals surface area (Å²) in [7, 11) is 0. The first-order chi connectivity index (χ1) is 9.54. The number of rotatable bonds is 6. The van der Waals surface area contributed by atoms with E-state index in [1.54, 1.807) is 0 Å². The summed E-state index contributed by atoms with van der Waals surface area (Å²) in [5.41, 5.74) is 0.630. The second-order valence-electron chi connectivity index (χ2n) is 4.73. The lowest BCUT2D eigenvalue weighted by Gasteiger charge is -2.16. The predicted molar refractivity (Wildman–Crippen MR) is 87.2 cm³/mol. The van der Waals surface area contributed by atoms with Crippen molar-refractivity contribution in [2.75, 3.05) is 0 Å². The van der Waals surface area contributed by atoms with Crippen molar-refractivity contribution in [3.05, 3.63) is 29.8 Å². The van der Waals surface area contributed by atoms with Crippen LogP contribution in [-0.2, 0) is 15.4 Å². The van der Waals surface area contributed by atoms with Crippen LogP contribution in [0.15, 0.2) is 29.2 Å². The Hall–Kier alpha value is -1.25. The van der Waals surface area contributed by atoms with Crippen LogP contribution in [-0.4, -0.2) is 11.3 Å². The van der Waals surface area contributed by atoms with Crippen molar-refractivity contribution in [1.82, 2.24) is 0 Å². The standard InChI is InChI=1S/C15H19NO2S2/c1-3-12-6-4-5-7-13(12)20-11-15(2,10-16)9-8-14(17)18-19/h4-7,11,19-20H,3,8-9H2,1-2H3. The number of hydrogen-bond acceptors (Lipinski definition) is 4. The Morgan fingerprint density at radius 3 is 2.85 bits per heavy atom. The molecule has 1 rings (SSSR count). The van der Waals surface area contributed by atoms with Crippen molar-refractivity contribution in [2.45, 2.75) is 38.0 Å². The summed E-state index contributed by atoms with van der Waals surface area (Å²) in [4.78, 5) is 12.3. The van der Waals surface area contributed by atoms with Crippen LogP contribution in [0.3, 0.4) is 0 Å². The second-order valence-corrected chi connectivity index (χ2v) is 5.91. The molecule has 0 saturated carbocycles. The molecule has 0 spiro atoms. The zero-order valence-corrected chi connectivity index (χ0v) is 13.5. The van der Waals surface area contributed by atoms with Gasteiger partial charge in [-0.2, -0.15) is 16.6 Å². The molecule has 0 radical (unpaired) electrons. The van der Waals surface area contributed by atoms with E-state index in [4.69, 9.17) is 0 Å². The van der Waals surface area contributed by atoms with Gasteiger partial charge < -0.3 is 4.18 Å². The molecule has 0 amide bonds. The van der Waals surface area contributed by atoms with E-state index in [1.807, 2.05) is 24.4 Å². The molecule has 1 aromatic carbocycles. The van der Waals surface area contributed by atoms with Gasteiger partial charge in [0.25, 0.3) is 0 Å². The summed E-state index contributed by atoms with van der Waals surface area (Å²) in [6, 6.07) is 10.4. The van der Waals surface area contributed by atoms with Crippen molar-refractivity contribution in [3.8, 4) is 6.07 Å². The van der Waals surface area contributed by atoms with E-state index >= 15 is 0 Å². The summed E-state index contributed by atoms with van der Waals surface area (Å²) in [5, 5.41) is 11.3. The minimum atomic E-state index is -0.648. The Morgan fingerprint density at radius 2 is 2.25 bits per heavy atom. The third kappa shape index (κ3) is 5.03. The average Bonchev–Trinajstić information content (AvgIpc) is 2.50. The fourth-order valence-corrected chi connectivity index (χ4v) is 2.98. The highest BCUT2D eigenvalue weighted by molar-refractivity contribution is 7.97. The van der Waals surface area contributed by atoms with Gasteiger partial charge in [0.1, 0.15) is 0 Å². The SMILES string of the molecule is CCc1ccccc1[SH]=CC(C)(C#N)CCC(=O)OS. The fraction of sp³-hybridized carbons (Fsp3) is 0.400. The van der Waals surface area contributed by atoms with E-state index in [0.717, 1.165) is 17.8 Å². The number of carbonyl (C=O) groups is 1. The summed E-state index contributed by atoms with van der Waals surface area (Å²) in [6.07, 6.45) is 1.59. The summed E-state index contributed by atoms with van der Waals surface area (Å²) in [6.45, 7) is 3.95. The molecule has 0 aliphatic heterocycles. The molecule has 0 aliphatic carbocycles. The number of benzene rings is 1. The Kier molecular flexibility index (Phi) is 6.83. The van der Waals surface area contributed by atoms with Crippen molar-refractivity contribution in [2.24, 2.45) is 5.41 Å². The monoisotopic (exact) mass is 309 g/mol. The van der Waals surface area contributed by atoms with Gasteiger partial charge in [0.15, 0.2) is 0 Å². The van der Waals surface area contributed by atoms with Gasteiger partial charge in [0.2, 0.25) is 0 Å². The summed E-state index contributed by atoms with van der Waals surface area (Å²) < 4.78 is 4.32. The number of nitrogens with zero attached hydrogens (tertiary/aromatic N) is 1. The highest BCUT2D eigenvalue weighted by Crippen LogP contribution is 2.25. The number of hydrogen-bond donors (Lipinski definition) is 2. The van der Waals surface area contributed by atoms with Crippen molar-refractivity contribution < 1.29 is 8.98 Å². The first-order valence-electron chi connectivity index (χ1n) is 6.43. The predicted octanol–water partition coefficient (Wildman–Crippen LogP) is 3.57. The maximum absolute atomic E-state index is 11.1. The van der Waals surface area contributed by atoms with E-state index in [9.17, 15) is 10.1 Å². The van der Waals surface area contributed by atoms with Crippen LogP contribution in [0.4, 0.5) is 0 Å². The van der Waals surface area contributed by atoms with Gasteiger partial charge in [-0.05, 0) is 36.8 Å². The van der Waals surface area contributed by atoms with Gasteiger partial charge >= 0.3 is 5.97 Å². The minimum Gasteiger partial charge on any atom is -0.395 e. The van der Waals surface area contributed by atoms with Crippen LogP contribution < -0.4 is 0 Å². The second kappa shape index (κ2) is 8.13. The Labute approximate surface area is 129 Å². The molecule has 1 atom stereocenters. The molecule has 0 fully saturated rings. The molecule has 0 aromatic heterocycles. The van der Waals surface area contributed by atoms with Gasteiger partial charge in [-0.25, -0.2) is 0 Å². The lowest BCUT2D eigenvalue weighted by molar-refractivity contribution is -0.133. The van der Waals surface area contributed by atoms with Crippen LogP contribution in [0.25, 0.3) is 0 Å².